The molecule has 0 saturated carbocycles. The minimum Gasteiger partial charge on any atom is -0.492 e. The zero-order chi connectivity index (χ0) is 14.4. The van der Waals surface area contributed by atoms with E-state index in [1.807, 2.05) is 30.3 Å². The molecule has 0 spiro atoms. The summed E-state index contributed by atoms with van der Waals surface area (Å²) in [7, 11) is 0. The van der Waals surface area contributed by atoms with Crippen molar-refractivity contribution < 1.29 is 9.53 Å². The first-order valence-corrected chi connectivity index (χ1v) is 6.28. The molecule has 2 rings (SSSR count). The molecule has 0 bridgehead atoms. The maximum Gasteiger partial charge on any atom is 0.250 e. The molecule has 0 aromatic heterocycles. The lowest BCUT2D eigenvalue weighted by molar-refractivity contribution is 0.100. The van der Waals surface area contributed by atoms with Crippen LogP contribution in [-0.4, -0.2) is 19.1 Å². The molecule has 0 aliphatic carbocycles. The monoisotopic (exact) mass is 271 g/mol. The summed E-state index contributed by atoms with van der Waals surface area (Å²) in [6.07, 6.45) is 0. The van der Waals surface area contributed by atoms with Gasteiger partial charge in [-0.3, -0.25) is 4.79 Å². The van der Waals surface area contributed by atoms with Gasteiger partial charge in [-0.25, -0.2) is 0 Å². The van der Waals surface area contributed by atoms with Crippen LogP contribution in [0.15, 0.2) is 48.5 Å². The van der Waals surface area contributed by atoms with Crippen LogP contribution in [-0.2, 0) is 0 Å². The second-order valence-corrected chi connectivity index (χ2v) is 4.26. The summed E-state index contributed by atoms with van der Waals surface area (Å²) in [6.45, 7) is 1.03. The smallest absolute Gasteiger partial charge is 0.250 e. The van der Waals surface area contributed by atoms with E-state index < -0.39 is 5.91 Å². The second kappa shape index (κ2) is 6.47. The molecule has 0 heterocycles. The average molecular weight is 271 g/mol. The SMILES string of the molecule is NC(=O)c1cc(N)ccc1NCCOc1ccccc1. The van der Waals surface area contributed by atoms with Crippen LogP contribution in [0.1, 0.15) is 10.4 Å². The number of anilines is 2. The molecule has 0 radical (unpaired) electrons. The Hall–Kier alpha value is -2.69. The van der Waals surface area contributed by atoms with Crippen LogP contribution in [0.2, 0.25) is 0 Å². The largest absolute Gasteiger partial charge is 0.492 e. The van der Waals surface area contributed by atoms with Gasteiger partial charge in [0.2, 0.25) is 0 Å². The van der Waals surface area contributed by atoms with Gasteiger partial charge in [0.15, 0.2) is 0 Å². The van der Waals surface area contributed by atoms with Gasteiger partial charge in [0, 0.05) is 17.9 Å². The highest BCUT2D eigenvalue weighted by atomic mass is 16.5. The third-order valence-electron chi connectivity index (χ3n) is 2.74. The summed E-state index contributed by atoms with van der Waals surface area (Å²) >= 11 is 0. The van der Waals surface area contributed by atoms with E-state index in [-0.39, 0.29) is 0 Å². The molecule has 5 heteroatoms. The number of nitrogens with two attached hydrogens (primary N) is 2. The van der Waals surface area contributed by atoms with Crippen molar-refractivity contribution in [3.63, 3.8) is 0 Å². The van der Waals surface area contributed by atoms with Crippen LogP contribution in [0.4, 0.5) is 11.4 Å². The zero-order valence-corrected chi connectivity index (χ0v) is 11.0. The number of carbonyl (C=O) groups is 1. The van der Waals surface area contributed by atoms with Gasteiger partial charge in [-0.05, 0) is 30.3 Å². The first-order valence-electron chi connectivity index (χ1n) is 6.28. The van der Waals surface area contributed by atoms with Crippen molar-refractivity contribution in [2.24, 2.45) is 5.73 Å². The Morgan fingerprint density at radius 1 is 1.15 bits per heavy atom. The number of hydrogen-bond acceptors (Lipinski definition) is 4. The first-order chi connectivity index (χ1) is 9.66. The van der Waals surface area contributed by atoms with Crippen molar-refractivity contribution in [3.05, 3.63) is 54.1 Å². The minimum absolute atomic E-state index is 0.379. The summed E-state index contributed by atoms with van der Waals surface area (Å²) in [6, 6.07) is 14.5. The van der Waals surface area contributed by atoms with Gasteiger partial charge in [-0.2, -0.15) is 0 Å². The van der Waals surface area contributed by atoms with Crippen molar-refractivity contribution in [2.75, 3.05) is 24.2 Å². The van der Waals surface area contributed by atoms with Crippen molar-refractivity contribution in [1.82, 2.24) is 0 Å². The number of benzene rings is 2. The highest BCUT2D eigenvalue weighted by Gasteiger charge is 2.08. The van der Waals surface area contributed by atoms with Crippen LogP contribution in [0.5, 0.6) is 5.75 Å². The molecule has 0 saturated heterocycles. The molecule has 1 amide bonds. The molecule has 0 aliphatic heterocycles. The predicted molar refractivity (Wildman–Crippen MR) is 79.8 cm³/mol. The predicted octanol–water partition coefficient (Wildman–Crippen LogP) is 1.86. The topological polar surface area (TPSA) is 90.4 Å². The third-order valence-corrected chi connectivity index (χ3v) is 2.74. The van der Waals surface area contributed by atoms with Gasteiger partial charge < -0.3 is 21.5 Å². The molecule has 0 aliphatic rings. The van der Waals surface area contributed by atoms with E-state index in [1.54, 1.807) is 18.2 Å². The molecule has 2 aromatic rings. The van der Waals surface area contributed by atoms with Gasteiger partial charge in [0.25, 0.3) is 5.91 Å². The number of primary amides is 1. The molecule has 2 aromatic carbocycles. The van der Waals surface area contributed by atoms with Crippen LogP contribution in [0, 0.1) is 0 Å². The molecule has 104 valence electrons. The first kappa shape index (κ1) is 13.7. The quantitative estimate of drug-likeness (QED) is 0.552. The fraction of sp³-hybridized carbons (Fsp3) is 0.133. The van der Waals surface area contributed by atoms with Crippen LogP contribution in [0.3, 0.4) is 0 Å². The summed E-state index contributed by atoms with van der Waals surface area (Å²) in [4.78, 5) is 11.3. The van der Waals surface area contributed by atoms with Gasteiger partial charge >= 0.3 is 0 Å². The van der Waals surface area contributed by atoms with Crippen LogP contribution < -0.4 is 21.5 Å². The molecular formula is C15H17N3O2. The Kier molecular flexibility index (Phi) is 4.44. The molecule has 0 atom stereocenters. The van der Waals surface area contributed by atoms with E-state index >= 15 is 0 Å². The number of amides is 1. The van der Waals surface area contributed by atoms with E-state index in [2.05, 4.69) is 5.32 Å². The van der Waals surface area contributed by atoms with Crippen molar-refractivity contribution in [1.29, 1.82) is 0 Å². The van der Waals surface area contributed by atoms with Crippen LogP contribution >= 0.6 is 0 Å². The van der Waals surface area contributed by atoms with Gasteiger partial charge in [-0.1, -0.05) is 18.2 Å². The van der Waals surface area contributed by atoms with E-state index in [9.17, 15) is 4.79 Å². The lowest BCUT2D eigenvalue weighted by Gasteiger charge is -2.11. The molecule has 5 N–H and O–H groups in total. The summed E-state index contributed by atoms with van der Waals surface area (Å²) < 4.78 is 5.55. The Balaban J connectivity index is 1.90. The minimum atomic E-state index is -0.510. The summed E-state index contributed by atoms with van der Waals surface area (Å²) in [5, 5.41) is 3.11. The van der Waals surface area contributed by atoms with Gasteiger partial charge in [-0.15, -0.1) is 0 Å². The fourth-order valence-corrected chi connectivity index (χ4v) is 1.79. The Morgan fingerprint density at radius 2 is 1.90 bits per heavy atom. The Bertz CT molecular complexity index is 585. The van der Waals surface area contributed by atoms with Crippen molar-refractivity contribution in [3.8, 4) is 5.75 Å². The zero-order valence-electron chi connectivity index (χ0n) is 11.0. The number of para-hydroxylation sites is 1. The summed E-state index contributed by atoms with van der Waals surface area (Å²) in [5.41, 5.74) is 12.5. The van der Waals surface area contributed by atoms with Gasteiger partial charge in [0.05, 0.1) is 5.56 Å². The number of nitrogens with one attached hydrogen (secondary N) is 1. The van der Waals surface area contributed by atoms with E-state index in [0.29, 0.717) is 30.1 Å². The van der Waals surface area contributed by atoms with Crippen molar-refractivity contribution in [2.45, 2.75) is 0 Å². The Morgan fingerprint density at radius 3 is 2.60 bits per heavy atom. The third kappa shape index (κ3) is 3.65. The highest BCUT2D eigenvalue weighted by molar-refractivity contribution is 5.99. The number of ether oxygens (including phenoxy) is 1. The van der Waals surface area contributed by atoms with E-state index in [4.69, 9.17) is 16.2 Å². The Labute approximate surface area is 117 Å². The number of carbonyl (C=O) groups excluding carboxylic acids is 1. The maximum absolute atomic E-state index is 11.3. The second-order valence-electron chi connectivity index (χ2n) is 4.26. The molecule has 0 fully saturated rings. The van der Waals surface area contributed by atoms with Crippen LogP contribution in [0.25, 0.3) is 0 Å². The standard InChI is InChI=1S/C15H17N3O2/c16-11-6-7-14(13(10-11)15(17)19)18-8-9-20-12-4-2-1-3-5-12/h1-7,10,18H,8-9,16H2,(H2,17,19). The fourth-order valence-electron chi connectivity index (χ4n) is 1.79. The van der Waals surface area contributed by atoms with Crippen molar-refractivity contribution >= 4 is 17.3 Å². The van der Waals surface area contributed by atoms with E-state index in [0.717, 1.165) is 5.75 Å². The average Bonchev–Trinajstić information content (AvgIpc) is 2.45. The molecule has 0 unspecified atom stereocenters. The summed E-state index contributed by atoms with van der Waals surface area (Å²) in [5.74, 6) is 0.297. The normalized spacial score (nSPS) is 10.0. The number of nitrogen functional groups attached to an aromatic ring is 1. The van der Waals surface area contributed by atoms with E-state index in [1.165, 1.54) is 0 Å². The maximum atomic E-state index is 11.3. The van der Waals surface area contributed by atoms with Gasteiger partial charge in [0.1, 0.15) is 12.4 Å². The molecule has 5 nitrogen and oxygen atoms in total. The lowest BCUT2D eigenvalue weighted by Crippen LogP contribution is -2.17. The highest BCUT2D eigenvalue weighted by Crippen LogP contribution is 2.18. The number of rotatable bonds is 6. The lowest BCUT2D eigenvalue weighted by atomic mass is 10.1. The molecular weight excluding hydrogens is 254 g/mol. The number of hydrogen-bond donors (Lipinski definition) is 3. The molecule has 20 heavy (non-hydrogen) atoms.